The van der Waals surface area contributed by atoms with Crippen LogP contribution in [0.3, 0.4) is 0 Å². The van der Waals surface area contributed by atoms with Crippen molar-refractivity contribution in [2.45, 2.75) is 0 Å². The minimum absolute atomic E-state index is 0. The van der Waals surface area contributed by atoms with Crippen LogP contribution in [-0.4, -0.2) is 51.0 Å². The van der Waals surface area contributed by atoms with Crippen molar-refractivity contribution < 1.29 is 44.9 Å². The van der Waals surface area contributed by atoms with Gasteiger partial charge in [-0.3, -0.25) is 0 Å². The van der Waals surface area contributed by atoms with E-state index in [2.05, 4.69) is 0 Å². The maximum Gasteiger partial charge on any atom is 2.00 e. The van der Waals surface area contributed by atoms with E-state index >= 15 is 0 Å². The third-order valence-electron chi connectivity index (χ3n) is 0. The fourth-order valence-electron chi connectivity index (χ4n) is 0. The third-order valence-corrected chi connectivity index (χ3v) is 0. The summed E-state index contributed by atoms with van der Waals surface area (Å²) in [7, 11) is 0. The minimum atomic E-state index is 0. The minimum Gasteiger partial charge on any atom is -1.00 e. The SMILES string of the molecule is O.[Cu].[H-].[H-].[Ru].[Sr+2]. The first-order chi connectivity index (χ1) is 0. The van der Waals surface area contributed by atoms with Crippen LogP contribution in [0.4, 0.5) is 0 Å². The molecule has 0 aliphatic rings. The van der Waals surface area contributed by atoms with Gasteiger partial charge in [0.1, 0.15) is 0 Å². The molecule has 0 fully saturated rings. The van der Waals surface area contributed by atoms with E-state index in [-0.39, 0.29) is 90.4 Å². The molecule has 0 saturated carbocycles. The predicted molar refractivity (Wildman–Crippen MR) is 11.6 cm³/mol. The summed E-state index contributed by atoms with van der Waals surface area (Å²) in [6.07, 6.45) is 0. The van der Waals surface area contributed by atoms with E-state index in [1.54, 1.807) is 0 Å². The molecule has 1 radical (unpaired) electrons. The Kier molecular flexibility index (Phi) is 135. The van der Waals surface area contributed by atoms with Crippen molar-refractivity contribution in [3.63, 3.8) is 0 Å². The molecule has 4 heteroatoms. The normalized spacial score (nSPS) is 0. The molecule has 31 valence electrons. The van der Waals surface area contributed by atoms with E-state index < -0.39 is 0 Å². The van der Waals surface area contributed by atoms with Crippen LogP contribution in [0.15, 0.2) is 0 Å². The first-order valence-electron chi connectivity index (χ1n) is 0. The van der Waals surface area contributed by atoms with Gasteiger partial charge in [-0.1, -0.05) is 0 Å². The Balaban J connectivity index is 0. The Morgan fingerprint density at radius 2 is 1.25 bits per heavy atom. The topological polar surface area (TPSA) is 31.5 Å². The maximum absolute atomic E-state index is 0. The second-order valence-corrected chi connectivity index (χ2v) is 0. The van der Waals surface area contributed by atoms with E-state index in [1.165, 1.54) is 0 Å². The van der Waals surface area contributed by atoms with Crippen molar-refractivity contribution in [2.24, 2.45) is 0 Å². The van der Waals surface area contributed by atoms with Gasteiger partial charge in [-0.15, -0.1) is 0 Å². The summed E-state index contributed by atoms with van der Waals surface area (Å²) in [5, 5.41) is 0. The van der Waals surface area contributed by atoms with Gasteiger partial charge in [0.25, 0.3) is 0 Å². The molecule has 0 unspecified atom stereocenters. The average molecular weight is 272 g/mol. The van der Waals surface area contributed by atoms with Crippen LogP contribution in [0.2, 0.25) is 0 Å². The molecule has 0 aromatic carbocycles. The second-order valence-electron chi connectivity index (χ2n) is 0. The Hall–Kier alpha value is 2.58. The summed E-state index contributed by atoms with van der Waals surface area (Å²) in [5.41, 5.74) is 0. The van der Waals surface area contributed by atoms with E-state index in [0.29, 0.717) is 0 Å². The summed E-state index contributed by atoms with van der Waals surface area (Å²) in [6, 6.07) is 0. The molecule has 0 aliphatic heterocycles. The van der Waals surface area contributed by atoms with Crippen molar-refractivity contribution in [3.05, 3.63) is 0 Å². The van der Waals surface area contributed by atoms with Crippen molar-refractivity contribution in [1.29, 1.82) is 0 Å². The van der Waals surface area contributed by atoms with Gasteiger partial charge in [0.2, 0.25) is 0 Å². The Morgan fingerprint density at radius 1 is 1.25 bits per heavy atom. The predicted octanol–water partition coefficient (Wildman–Crippen LogP) is -0.986. The van der Waals surface area contributed by atoms with E-state index in [0.717, 1.165) is 0 Å². The van der Waals surface area contributed by atoms with Gasteiger partial charge >= 0.3 is 45.5 Å². The zero-order valence-electron chi connectivity index (χ0n) is 3.86. The molecule has 0 amide bonds. The first kappa shape index (κ1) is 30.8. The molecule has 0 aliphatic carbocycles. The number of rotatable bonds is 0. The molecule has 0 spiro atoms. The molecule has 0 heterocycles. The fourth-order valence-corrected chi connectivity index (χ4v) is 0. The standard InChI is InChI=1S/Cu.H2O.Ru.Sr.2H/h;1H2;;;;/q;;;+2;2*-1. The molecular formula is H4CuORuSr. The summed E-state index contributed by atoms with van der Waals surface area (Å²) in [6.45, 7) is 0. The smallest absolute Gasteiger partial charge is 1.00 e. The fraction of sp³-hybridized carbons (Fsp3) is 0. The molecule has 0 rings (SSSR count). The summed E-state index contributed by atoms with van der Waals surface area (Å²) in [5.74, 6) is 0. The molecule has 0 aromatic rings. The quantitative estimate of drug-likeness (QED) is 0.507. The molecular weight excluding hydrogens is 268 g/mol. The third kappa shape index (κ3) is 8.82. The second kappa shape index (κ2) is 17.6. The maximum atomic E-state index is 0. The summed E-state index contributed by atoms with van der Waals surface area (Å²) >= 11 is 0. The summed E-state index contributed by atoms with van der Waals surface area (Å²) < 4.78 is 0. The summed E-state index contributed by atoms with van der Waals surface area (Å²) in [4.78, 5) is 0. The molecule has 0 atom stereocenters. The molecule has 0 saturated heterocycles. The molecule has 1 nitrogen and oxygen atoms in total. The van der Waals surface area contributed by atoms with E-state index in [1.807, 2.05) is 0 Å². The van der Waals surface area contributed by atoms with Crippen LogP contribution in [0, 0.1) is 0 Å². The van der Waals surface area contributed by atoms with E-state index in [4.69, 9.17) is 0 Å². The van der Waals surface area contributed by atoms with Crippen molar-refractivity contribution in [2.75, 3.05) is 0 Å². The van der Waals surface area contributed by atoms with Gasteiger partial charge in [-0.25, -0.2) is 0 Å². The molecule has 4 heavy (non-hydrogen) atoms. The van der Waals surface area contributed by atoms with Crippen molar-refractivity contribution >= 4 is 45.5 Å². The van der Waals surface area contributed by atoms with E-state index in [9.17, 15) is 0 Å². The van der Waals surface area contributed by atoms with Crippen LogP contribution in [0.1, 0.15) is 2.85 Å². The zero-order valence-corrected chi connectivity index (χ0v) is 8.02. The van der Waals surface area contributed by atoms with Crippen LogP contribution < -0.4 is 0 Å². The van der Waals surface area contributed by atoms with Gasteiger partial charge in [0, 0.05) is 36.5 Å². The van der Waals surface area contributed by atoms with Gasteiger partial charge < -0.3 is 8.33 Å². The monoisotopic (exact) mass is 273 g/mol. The Morgan fingerprint density at radius 3 is 1.25 bits per heavy atom. The van der Waals surface area contributed by atoms with Crippen LogP contribution in [0.25, 0.3) is 0 Å². The van der Waals surface area contributed by atoms with Crippen molar-refractivity contribution in [3.8, 4) is 0 Å². The van der Waals surface area contributed by atoms with Crippen LogP contribution >= 0.6 is 0 Å². The molecule has 2 N–H and O–H groups in total. The van der Waals surface area contributed by atoms with Crippen LogP contribution in [0.5, 0.6) is 0 Å². The molecule has 0 aromatic heterocycles. The van der Waals surface area contributed by atoms with Gasteiger partial charge in [0.15, 0.2) is 0 Å². The number of hydrogen-bond donors (Lipinski definition) is 0. The Bertz CT molecular complexity index is 13.5. The molecule has 0 bridgehead atoms. The average Bonchev–Trinajstić information content (AvgIpc) is 0. The zero-order chi connectivity index (χ0) is 0. The largest absolute Gasteiger partial charge is 2.00 e. The van der Waals surface area contributed by atoms with Crippen molar-refractivity contribution in [1.82, 2.24) is 0 Å². The van der Waals surface area contributed by atoms with Gasteiger partial charge in [0.05, 0.1) is 0 Å². The van der Waals surface area contributed by atoms with Gasteiger partial charge in [-0.2, -0.15) is 0 Å². The van der Waals surface area contributed by atoms with Gasteiger partial charge in [-0.05, 0) is 0 Å². The van der Waals surface area contributed by atoms with Crippen LogP contribution in [-0.2, 0) is 36.5 Å². The Labute approximate surface area is 88.7 Å². The first-order valence-corrected chi connectivity index (χ1v) is 0. The number of hydrogen-bond acceptors (Lipinski definition) is 0.